The van der Waals surface area contributed by atoms with Crippen LogP contribution >= 0.6 is 34.7 Å². The van der Waals surface area contributed by atoms with Gasteiger partial charge in [0, 0.05) is 5.56 Å². The van der Waals surface area contributed by atoms with E-state index in [-0.39, 0.29) is 18.3 Å². The van der Waals surface area contributed by atoms with E-state index in [9.17, 15) is 4.79 Å². The van der Waals surface area contributed by atoms with Crippen molar-refractivity contribution in [2.45, 2.75) is 5.22 Å². The Balaban J connectivity index is 1.44. The van der Waals surface area contributed by atoms with Crippen LogP contribution in [0.4, 0.5) is 0 Å². The summed E-state index contributed by atoms with van der Waals surface area (Å²) in [5.74, 6) is 1.87. The SMILES string of the molecule is O=C(CSc1nnc(-c2ccc3c(c2)OCO3)o1)c1ccc(Cl)s1. The molecule has 1 aliphatic heterocycles. The van der Waals surface area contributed by atoms with Gasteiger partial charge in [-0.3, -0.25) is 4.79 Å². The van der Waals surface area contributed by atoms with Crippen LogP contribution in [0.5, 0.6) is 11.5 Å². The third kappa shape index (κ3) is 3.12. The van der Waals surface area contributed by atoms with Gasteiger partial charge in [0.15, 0.2) is 17.3 Å². The number of benzene rings is 1. The number of rotatable bonds is 5. The first-order valence-electron chi connectivity index (χ1n) is 6.84. The maximum atomic E-state index is 12.0. The van der Waals surface area contributed by atoms with Crippen LogP contribution < -0.4 is 9.47 Å². The van der Waals surface area contributed by atoms with Crippen LogP contribution in [0.1, 0.15) is 9.67 Å². The summed E-state index contributed by atoms with van der Waals surface area (Å²) in [6, 6.07) is 8.80. The van der Waals surface area contributed by atoms with E-state index >= 15 is 0 Å². The van der Waals surface area contributed by atoms with Crippen molar-refractivity contribution in [3.05, 3.63) is 39.5 Å². The maximum absolute atomic E-state index is 12.0. The smallest absolute Gasteiger partial charge is 0.277 e. The summed E-state index contributed by atoms with van der Waals surface area (Å²) in [5, 5.41) is 8.29. The topological polar surface area (TPSA) is 74.5 Å². The number of hydrogen-bond acceptors (Lipinski definition) is 8. The molecule has 0 saturated carbocycles. The van der Waals surface area contributed by atoms with Crippen LogP contribution in [-0.2, 0) is 0 Å². The standard InChI is InChI=1S/C15H9ClN2O4S2/c16-13-4-3-12(24-13)9(19)6-23-15-18-17-14(22-15)8-1-2-10-11(5-8)21-7-20-10/h1-5H,6-7H2. The Morgan fingerprint density at radius 1 is 1.21 bits per heavy atom. The molecule has 9 heteroatoms. The Kier molecular flexibility index (Phi) is 4.17. The number of fused-ring (bicyclic) bond motifs is 1. The molecule has 3 heterocycles. The summed E-state index contributed by atoms with van der Waals surface area (Å²) in [4.78, 5) is 12.7. The fourth-order valence-electron chi connectivity index (χ4n) is 2.08. The minimum Gasteiger partial charge on any atom is -0.454 e. The molecule has 0 bridgehead atoms. The number of thiophene rings is 1. The number of carbonyl (C=O) groups is 1. The lowest BCUT2D eigenvalue weighted by Gasteiger charge is -1.98. The summed E-state index contributed by atoms with van der Waals surface area (Å²) in [6.45, 7) is 0.207. The molecule has 1 aliphatic rings. The van der Waals surface area contributed by atoms with Gasteiger partial charge in [-0.25, -0.2) is 0 Å². The molecule has 6 nitrogen and oxygen atoms in total. The normalized spacial score (nSPS) is 12.5. The Morgan fingerprint density at radius 3 is 2.92 bits per heavy atom. The van der Waals surface area contributed by atoms with Crippen LogP contribution in [0.3, 0.4) is 0 Å². The summed E-state index contributed by atoms with van der Waals surface area (Å²) in [5.41, 5.74) is 0.731. The molecule has 1 aromatic carbocycles. The van der Waals surface area contributed by atoms with E-state index in [1.54, 1.807) is 24.3 Å². The van der Waals surface area contributed by atoms with Crippen molar-refractivity contribution in [2.75, 3.05) is 12.5 Å². The molecular weight excluding hydrogens is 372 g/mol. The predicted molar refractivity (Wildman–Crippen MR) is 90.2 cm³/mol. The van der Waals surface area contributed by atoms with Crippen LogP contribution in [-0.4, -0.2) is 28.5 Å². The van der Waals surface area contributed by atoms with Crippen molar-refractivity contribution < 1.29 is 18.7 Å². The van der Waals surface area contributed by atoms with Crippen LogP contribution in [0.2, 0.25) is 4.34 Å². The van der Waals surface area contributed by atoms with Crippen molar-refractivity contribution >= 4 is 40.5 Å². The summed E-state index contributed by atoms with van der Waals surface area (Å²) in [7, 11) is 0. The summed E-state index contributed by atoms with van der Waals surface area (Å²) in [6.07, 6.45) is 0. The molecule has 0 N–H and O–H groups in total. The van der Waals surface area contributed by atoms with E-state index in [1.165, 1.54) is 23.1 Å². The Hall–Kier alpha value is -2.03. The first-order valence-corrected chi connectivity index (χ1v) is 9.02. The van der Waals surface area contributed by atoms with Crippen molar-refractivity contribution in [1.29, 1.82) is 0 Å². The number of thioether (sulfide) groups is 1. The number of ether oxygens (including phenoxy) is 2. The molecule has 0 amide bonds. The zero-order valence-electron chi connectivity index (χ0n) is 12.0. The summed E-state index contributed by atoms with van der Waals surface area (Å²) < 4.78 is 16.8. The minimum atomic E-state index is -0.0280. The van der Waals surface area contributed by atoms with E-state index < -0.39 is 0 Å². The highest BCUT2D eigenvalue weighted by Gasteiger charge is 2.17. The number of aromatic nitrogens is 2. The molecule has 2 aromatic heterocycles. The van der Waals surface area contributed by atoms with Gasteiger partial charge in [0.25, 0.3) is 5.22 Å². The van der Waals surface area contributed by atoms with Gasteiger partial charge in [-0.2, -0.15) is 0 Å². The van der Waals surface area contributed by atoms with Crippen LogP contribution in [0.15, 0.2) is 40.0 Å². The predicted octanol–water partition coefficient (Wildman–Crippen LogP) is 4.16. The van der Waals surface area contributed by atoms with Gasteiger partial charge in [-0.15, -0.1) is 21.5 Å². The number of ketones is 1. The number of nitrogens with zero attached hydrogens (tertiary/aromatic N) is 2. The Labute approximate surface area is 149 Å². The number of Topliss-reactive ketones (excluding diaryl/α,β-unsaturated/α-hetero) is 1. The molecule has 0 atom stereocenters. The third-order valence-electron chi connectivity index (χ3n) is 3.20. The molecular formula is C15H9ClN2O4S2. The van der Waals surface area contributed by atoms with Gasteiger partial charge in [-0.05, 0) is 30.3 Å². The fraction of sp³-hybridized carbons (Fsp3) is 0.133. The zero-order chi connectivity index (χ0) is 16.5. The lowest BCUT2D eigenvalue weighted by Crippen LogP contribution is -1.98. The average molecular weight is 381 g/mol. The monoisotopic (exact) mass is 380 g/mol. The van der Waals surface area contributed by atoms with Gasteiger partial charge in [0.2, 0.25) is 12.7 Å². The number of hydrogen-bond donors (Lipinski definition) is 0. The van der Waals surface area contributed by atoms with Gasteiger partial charge < -0.3 is 13.9 Å². The van der Waals surface area contributed by atoms with Gasteiger partial charge >= 0.3 is 0 Å². The molecule has 122 valence electrons. The van der Waals surface area contributed by atoms with Gasteiger partial charge in [0.05, 0.1) is 15.0 Å². The number of carbonyl (C=O) groups excluding carboxylic acids is 1. The molecule has 0 radical (unpaired) electrons. The van der Waals surface area contributed by atoms with Gasteiger partial charge in [0.1, 0.15) is 0 Å². The molecule has 0 spiro atoms. The molecule has 0 unspecified atom stereocenters. The number of halogens is 1. The first kappa shape index (κ1) is 15.5. The first-order chi connectivity index (χ1) is 11.7. The average Bonchev–Trinajstić information content (AvgIpc) is 3.32. The third-order valence-corrected chi connectivity index (χ3v) is 5.29. The zero-order valence-corrected chi connectivity index (χ0v) is 14.4. The molecule has 24 heavy (non-hydrogen) atoms. The highest BCUT2D eigenvalue weighted by atomic mass is 35.5. The quantitative estimate of drug-likeness (QED) is 0.486. The van der Waals surface area contributed by atoms with E-state index in [0.29, 0.717) is 31.8 Å². The van der Waals surface area contributed by atoms with Gasteiger partial charge in [-0.1, -0.05) is 23.4 Å². The Morgan fingerprint density at radius 2 is 2.08 bits per heavy atom. The van der Waals surface area contributed by atoms with Crippen LogP contribution in [0.25, 0.3) is 11.5 Å². The molecule has 0 saturated heterocycles. The van der Waals surface area contributed by atoms with Crippen LogP contribution in [0, 0.1) is 0 Å². The lowest BCUT2D eigenvalue weighted by molar-refractivity contribution is 0.102. The summed E-state index contributed by atoms with van der Waals surface area (Å²) >= 11 is 8.28. The molecule has 4 rings (SSSR count). The maximum Gasteiger partial charge on any atom is 0.277 e. The second-order valence-electron chi connectivity index (χ2n) is 4.76. The molecule has 0 aliphatic carbocycles. The Bertz CT molecular complexity index is 909. The van der Waals surface area contributed by atoms with Crippen molar-refractivity contribution in [3.63, 3.8) is 0 Å². The van der Waals surface area contributed by atoms with Crippen molar-refractivity contribution in [2.24, 2.45) is 0 Å². The fourth-order valence-corrected chi connectivity index (χ4v) is 3.80. The minimum absolute atomic E-state index is 0.0280. The van der Waals surface area contributed by atoms with E-state index in [2.05, 4.69) is 10.2 Å². The van der Waals surface area contributed by atoms with E-state index in [1.807, 2.05) is 6.07 Å². The molecule has 0 fully saturated rings. The largest absolute Gasteiger partial charge is 0.454 e. The molecule has 3 aromatic rings. The lowest BCUT2D eigenvalue weighted by atomic mass is 10.2. The highest BCUT2D eigenvalue weighted by Crippen LogP contribution is 2.36. The second-order valence-corrected chi connectivity index (χ2v) is 7.40. The van der Waals surface area contributed by atoms with Crippen molar-refractivity contribution in [3.8, 4) is 23.0 Å². The van der Waals surface area contributed by atoms with E-state index in [4.69, 9.17) is 25.5 Å². The van der Waals surface area contributed by atoms with E-state index in [0.717, 1.165) is 5.56 Å². The van der Waals surface area contributed by atoms with Crippen molar-refractivity contribution in [1.82, 2.24) is 10.2 Å². The highest BCUT2D eigenvalue weighted by molar-refractivity contribution is 7.99. The second kappa shape index (κ2) is 6.46.